The Balaban J connectivity index is 0.00000337. The van der Waals surface area contributed by atoms with Crippen molar-refractivity contribution in [3.8, 4) is 11.1 Å². The molecule has 226 valence electrons. The number of amides is 1. The summed E-state index contributed by atoms with van der Waals surface area (Å²) in [5.41, 5.74) is 4.51. The molecule has 1 aliphatic rings. The Kier molecular flexibility index (Phi) is 15.3. The summed E-state index contributed by atoms with van der Waals surface area (Å²) in [6.07, 6.45) is 10.2. The van der Waals surface area contributed by atoms with Crippen molar-refractivity contribution in [3.63, 3.8) is 0 Å². The summed E-state index contributed by atoms with van der Waals surface area (Å²) < 4.78 is 0. The van der Waals surface area contributed by atoms with Gasteiger partial charge < -0.3 is 17.2 Å². The molecule has 5 nitrogen and oxygen atoms in total. The summed E-state index contributed by atoms with van der Waals surface area (Å²) in [6.45, 7) is 2.75. The van der Waals surface area contributed by atoms with Crippen LogP contribution in [0.1, 0.15) is 67.9 Å². The van der Waals surface area contributed by atoms with E-state index in [4.69, 9.17) is 0 Å². The number of carbonyl (C=O) groups is 2. The summed E-state index contributed by atoms with van der Waals surface area (Å²) in [4.78, 5) is 26.6. The van der Waals surface area contributed by atoms with Crippen molar-refractivity contribution in [3.05, 3.63) is 89.5 Å². The predicted molar refractivity (Wildman–Crippen MR) is 179 cm³/mol. The van der Waals surface area contributed by atoms with Gasteiger partial charge in [-0.25, -0.2) is 4.79 Å². The number of hydrogen-bond acceptors (Lipinski definition) is 5. The van der Waals surface area contributed by atoms with Crippen molar-refractivity contribution in [2.75, 3.05) is 17.8 Å². The molecule has 0 radical (unpaired) electrons. The second kappa shape index (κ2) is 18.6. The van der Waals surface area contributed by atoms with Gasteiger partial charge >= 0.3 is 24.8 Å². The van der Waals surface area contributed by atoms with Crippen LogP contribution < -0.4 is 29.5 Å². The van der Waals surface area contributed by atoms with E-state index >= 15 is 0 Å². The molecule has 0 aliphatic heterocycles. The standard InChI is InChI=1S/C35H44N2O3S2.Li.H/c1-25-11-9-10-16-30(25)32-22-27(17-18-31(32)34(38)37-33(35(39)40)19-20-41-2)23-36-28(21-26-12-5-3-6-13-26)24-42-29-14-7-4-8-15-29;;/h4,7-11,14-18,22,26,28,33,36H,3,5-6,12-13,19-21,23-24H2,1-2H3,(H,37,38)(H,39,40);;/q;+1;-1/t28?,33-;;/m0../s1. The van der Waals surface area contributed by atoms with E-state index < -0.39 is 12.0 Å². The average molecular weight is 613 g/mol. The maximum atomic E-state index is 13.4. The van der Waals surface area contributed by atoms with Crippen LogP contribution in [0.2, 0.25) is 0 Å². The van der Waals surface area contributed by atoms with Crippen LogP contribution in [-0.2, 0) is 11.3 Å². The first-order chi connectivity index (χ1) is 20.4. The molecule has 1 unspecified atom stereocenters. The third-order valence-corrected chi connectivity index (χ3v) is 9.93. The van der Waals surface area contributed by atoms with Crippen LogP contribution in [0.25, 0.3) is 11.1 Å². The Hall–Kier alpha value is -2.14. The number of carboxylic acid groups (broad SMARTS) is 1. The van der Waals surface area contributed by atoms with Gasteiger partial charge in [-0.05, 0) is 84.2 Å². The minimum atomic E-state index is -1.01. The number of nitrogens with one attached hydrogen (secondary N) is 2. The van der Waals surface area contributed by atoms with E-state index in [1.54, 1.807) is 11.8 Å². The molecule has 2 atom stereocenters. The van der Waals surface area contributed by atoms with Crippen molar-refractivity contribution in [1.82, 2.24) is 10.6 Å². The Morgan fingerprint density at radius 1 is 0.977 bits per heavy atom. The zero-order valence-corrected chi connectivity index (χ0v) is 27.4. The molecule has 1 aliphatic carbocycles. The molecule has 43 heavy (non-hydrogen) atoms. The number of rotatable bonds is 15. The number of aliphatic carboxylic acids is 1. The molecule has 3 N–H and O–H groups in total. The van der Waals surface area contributed by atoms with Crippen LogP contribution in [0, 0.1) is 12.8 Å². The maximum Gasteiger partial charge on any atom is 1.00 e. The average Bonchev–Trinajstić information content (AvgIpc) is 3.01. The van der Waals surface area contributed by atoms with E-state index in [-0.39, 0.29) is 26.2 Å². The topological polar surface area (TPSA) is 78.4 Å². The van der Waals surface area contributed by atoms with E-state index in [1.165, 1.54) is 43.4 Å². The molecular formula is C35H45LiN2O3S2. The fourth-order valence-electron chi connectivity index (χ4n) is 5.74. The van der Waals surface area contributed by atoms with Gasteiger partial charge in [-0.15, -0.1) is 11.8 Å². The van der Waals surface area contributed by atoms with Crippen molar-refractivity contribution >= 4 is 35.4 Å². The quantitative estimate of drug-likeness (QED) is 0.167. The summed E-state index contributed by atoms with van der Waals surface area (Å²) in [7, 11) is 0. The molecule has 3 aromatic rings. The van der Waals surface area contributed by atoms with E-state index in [0.717, 1.165) is 33.9 Å². The van der Waals surface area contributed by atoms with Crippen LogP contribution >= 0.6 is 23.5 Å². The Morgan fingerprint density at radius 2 is 1.70 bits per heavy atom. The SMILES string of the molecule is CSCC[C@H](NC(=O)c1ccc(CNC(CSc2ccccc2)CC2CCCCC2)cc1-c1ccccc1C)C(=O)O.[H-].[Li+]. The molecule has 1 saturated carbocycles. The molecule has 0 spiro atoms. The number of thioether (sulfide) groups is 2. The van der Waals surface area contributed by atoms with E-state index in [0.29, 0.717) is 30.3 Å². The fraction of sp³-hybridized carbons (Fsp3) is 0.429. The van der Waals surface area contributed by atoms with Gasteiger partial charge in [0.25, 0.3) is 5.91 Å². The maximum absolute atomic E-state index is 13.4. The van der Waals surface area contributed by atoms with Crippen LogP contribution in [0.5, 0.6) is 0 Å². The molecule has 8 heteroatoms. The van der Waals surface area contributed by atoms with Gasteiger partial charge in [0, 0.05) is 28.8 Å². The van der Waals surface area contributed by atoms with Gasteiger partial charge in [0.2, 0.25) is 0 Å². The fourth-order valence-corrected chi connectivity index (χ4v) is 7.21. The molecular weight excluding hydrogens is 567 g/mol. The summed E-state index contributed by atoms with van der Waals surface area (Å²) in [5.74, 6) is 1.09. The van der Waals surface area contributed by atoms with Crippen molar-refractivity contribution < 1.29 is 35.0 Å². The molecule has 1 amide bonds. The molecule has 1 fully saturated rings. The monoisotopic (exact) mass is 612 g/mol. The first kappa shape index (κ1) is 35.3. The van der Waals surface area contributed by atoms with Gasteiger partial charge in [-0.1, -0.05) is 80.6 Å². The number of aryl methyl sites for hydroxylation is 1. The van der Waals surface area contributed by atoms with Gasteiger partial charge in [-0.3, -0.25) is 4.79 Å². The Labute approximate surface area is 279 Å². The van der Waals surface area contributed by atoms with Gasteiger partial charge in [0.05, 0.1) is 0 Å². The summed E-state index contributed by atoms with van der Waals surface area (Å²) in [5, 5.41) is 16.3. The molecule has 0 aromatic heterocycles. The third kappa shape index (κ3) is 11.1. The number of carboxylic acids is 1. The zero-order valence-electron chi connectivity index (χ0n) is 26.8. The van der Waals surface area contributed by atoms with Crippen molar-refractivity contribution in [2.24, 2.45) is 5.92 Å². The second-order valence-corrected chi connectivity index (χ2v) is 13.4. The minimum absolute atomic E-state index is 0. The third-order valence-electron chi connectivity index (χ3n) is 8.11. The molecule has 4 rings (SSSR count). The van der Waals surface area contributed by atoms with Crippen LogP contribution in [-0.4, -0.2) is 46.8 Å². The molecule has 0 bridgehead atoms. The Morgan fingerprint density at radius 3 is 2.40 bits per heavy atom. The van der Waals surface area contributed by atoms with Gasteiger partial charge in [0.1, 0.15) is 6.04 Å². The zero-order chi connectivity index (χ0) is 29.7. The van der Waals surface area contributed by atoms with Gasteiger partial charge in [-0.2, -0.15) is 11.8 Å². The predicted octanol–water partition coefficient (Wildman–Crippen LogP) is 4.94. The second-order valence-electron chi connectivity index (χ2n) is 11.3. The summed E-state index contributed by atoms with van der Waals surface area (Å²) in [6, 6.07) is 24.1. The van der Waals surface area contributed by atoms with E-state index in [2.05, 4.69) is 47.0 Å². The normalized spacial score (nSPS) is 14.8. The Bertz CT molecular complexity index is 1310. The molecule has 0 saturated heterocycles. The molecule has 3 aromatic carbocycles. The van der Waals surface area contributed by atoms with Crippen LogP contribution in [0.15, 0.2) is 77.7 Å². The first-order valence-corrected chi connectivity index (χ1v) is 17.4. The molecule has 0 heterocycles. The van der Waals surface area contributed by atoms with Crippen LogP contribution in [0.4, 0.5) is 0 Å². The summed E-state index contributed by atoms with van der Waals surface area (Å²) >= 11 is 3.48. The number of carbonyl (C=O) groups excluding carboxylic acids is 1. The van der Waals surface area contributed by atoms with E-state index in [9.17, 15) is 14.7 Å². The first-order valence-electron chi connectivity index (χ1n) is 15.1. The number of hydrogen-bond donors (Lipinski definition) is 3. The number of benzene rings is 3. The van der Waals surface area contributed by atoms with Crippen LogP contribution in [0.3, 0.4) is 0 Å². The van der Waals surface area contributed by atoms with Crippen molar-refractivity contribution in [1.29, 1.82) is 0 Å². The van der Waals surface area contributed by atoms with Gasteiger partial charge in [0.15, 0.2) is 0 Å². The largest absolute Gasteiger partial charge is 1.00 e. The minimum Gasteiger partial charge on any atom is -1.00 e. The smallest absolute Gasteiger partial charge is 1.00 e. The van der Waals surface area contributed by atoms with Crippen molar-refractivity contribution in [2.45, 2.75) is 75.4 Å². The van der Waals surface area contributed by atoms with E-state index in [1.807, 2.05) is 61.3 Å².